The van der Waals surface area contributed by atoms with Crippen LogP contribution in [0.2, 0.25) is 5.02 Å². The molecule has 3 aromatic rings. The number of hydrogen-bond donors (Lipinski definition) is 1. The fourth-order valence-electron chi connectivity index (χ4n) is 3.13. The molecule has 2 heterocycles. The van der Waals surface area contributed by atoms with Crippen LogP contribution in [0.3, 0.4) is 0 Å². The monoisotopic (exact) mass is 327 g/mol. The quantitative estimate of drug-likeness (QED) is 0.777. The van der Waals surface area contributed by atoms with Crippen molar-refractivity contribution >= 4 is 11.6 Å². The van der Waals surface area contributed by atoms with Crippen LogP contribution in [0.5, 0.6) is 0 Å². The van der Waals surface area contributed by atoms with Crippen LogP contribution in [0.15, 0.2) is 53.4 Å². The Morgan fingerprint density at radius 1 is 1.26 bits per heavy atom. The van der Waals surface area contributed by atoms with Crippen LogP contribution in [0, 0.1) is 0 Å². The molecule has 1 N–H and O–H groups in total. The summed E-state index contributed by atoms with van der Waals surface area (Å²) in [4.78, 5) is 0. The van der Waals surface area contributed by atoms with E-state index in [-0.39, 0.29) is 0 Å². The molecule has 23 heavy (non-hydrogen) atoms. The third kappa shape index (κ3) is 3.05. The zero-order valence-corrected chi connectivity index (χ0v) is 13.5. The SMILES string of the molecule is Clc1ccc(-n2cc(CNC3CCCc4occc43)cn2)cc1. The number of aromatic nitrogens is 2. The highest BCUT2D eigenvalue weighted by molar-refractivity contribution is 6.30. The summed E-state index contributed by atoms with van der Waals surface area (Å²) in [6.45, 7) is 0.795. The van der Waals surface area contributed by atoms with Crippen LogP contribution < -0.4 is 5.32 Å². The van der Waals surface area contributed by atoms with Crippen molar-refractivity contribution in [1.82, 2.24) is 15.1 Å². The van der Waals surface area contributed by atoms with Crippen LogP contribution in [-0.4, -0.2) is 9.78 Å². The van der Waals surface area contributed by atoms with E-state index in [0.717, 1.165) is 41.4 Å². The number of furan rings is 1. The van der Waals surface area contributed by atoms with Crippen molar-refractivity contribution in [1.29, 1.82) is 0 Å². The largest absolute Gasteiger partial charge is 0.469 e. The first kappa shape index (κ1) is 14.5. The zero-order chi connectivity index (χ0) is 15.6. The van der Waals surface area contributed by atoms with Crippen LogP contribution in [0.25, 0.3) is 5.69 Å². The summed E-state index contributed by atoms with van der Waals surface area (Å²) < 4.78 is 7.42. The fraction of sp³-hybridized carbons (Fsp3) is 0.278. The van der Waals surface area contributed by atoms with Crippen molar-refractivity contribution in [2.45, 2.75) is 31.8 Å². The van der Waals surface area contributed by atoms with E-state index in [9.17, 15) is 0 Å². The van der Waals surface area contributed by atoms with E-state index in [1.165, 1.54) is 12.0 Å². The second kappa shape index (κ2) is 6.22. The van der Waals surface area contributed by atoms with E-state index in [1.54, 1.807) is 6.26 Å². The second-order valence-electron chi connectivity index (χ2n) is 5.89. The number of nitrogens with zero attached hydrogens (tertiary/aromatic N) is 2. The Kier molecular flexibility index (Phi) is 3.93. The summed E-state index contributed by atoms with van der Waals surface area (Å²) in [6, 6.07) is 10.1. The maximum atomic E-state index is 5.92. The number of aryl methyl sites for hydroxylation is 1. The van der Waals surface area contributed by atoms with Gasteiger partial charge in [-0.1, -0.05) is 11.6 Å². The van der Waals surface area contributed by atoms with Gasteiger partial charge in [-0.25, -0.2) is 4.68 Å². The normalized spacial score (nSPS) is 17.2. The minimum atomic E-state index is 0.372. The van der Waals surface area contributed by atoms with Gasteiger partial charge in [-0.15, -0.1) is 0 Å². The van der Waals surface area contributed by atoms with Gasteiger partial charge in [0.05, 0.1) is 18.1 Å². The molecule has 4 rings (SSSR count). The number of nitrogens with one attached hydrogen (secondary N) is 1. The summed E-state index contributed by atoms with van der Waals surface area (Å²) in [7, 11) is 0. The van der Waals surface area contributed by atoms with Crippen LogP contribution in [0.4, 0.5) is 0 Å². The first-order valence-corrected chi connectivity index (χ1v) is 8.26. The van der Waals surface area contributed by atoms with E-state index in [2.05, 4.69) is 22.7 Å². The summed E-state index contributed by atoms with van der Waals surface area (Å²) in [6.07, 6.45) is 9.12. The Hall–Kier alpha value is -2.04. The maximum absolute atomic E-state index is 5.92. The smallest absolute Gasteiger partial charge is 0.108 e. The molecule has 1 aromatic carbocycles. The molecule has 4 nitrogen and oxygen atoms in total. The van der Waals surface area contributed by atoms with Crippen molar-refractivity contribution in [3.05, 3.63) is 70.9 Å². The Morgan fingerprint density at radius 2 is 2.13 bits per heavy atom. The number of hydrogen-bond acceptors (Lipinski definition) is 3. The molecule has 1 unspecified atom stereocenters. The van der Waals surface area contributed by atoms with Gasteiger partial charge >= 0.3 is 0 Å². The third-order valence-electron chi connectivity index (χ3n) is 4.33. The molecule has 0 radical (unpaired) electrons. The predicted octanol–water partition coefficient (Wildman–Crippen LogP) is 4.29. The second-order valence-corrected chi connectivity index (χ2v) is 6.33. The van der Waals surface area contributed by atoms with Gasteiger partial charge in [-0.05, 0) is 43.2 Å². The van der Waals surface area contributed by atoms with Crippen molar-refractivity contribution in [2.24, 2.45) is 0 Å². The molecular weight excluding hydrogens is 310 g/mol. The Balaban J connectivity index is 1.44. The molecule has 0 aliphatic heterocycles. The van der Waals surface area contributed by atoms with Gasteiger partial charge in [0.15, 0.2) is 0 Å². The number of benzene rings is 1. The first-order chi connectivity index (χ1) is 11.3. The zero-order valence-electron chi connectivity index (χ0n) is 12.7. The maximum Gasteiger partial charge on any atom is 0.108 e. The van der Waals surface area contributed by atoms with Crippen molar-refractivity contribution in [2.75, 3.05) is 0 Å². The lowest BCUT2D eigenvalue weighted by Gasteiger charge is -2.22. The first-order valence-electron chi connectivity index (χ1n) is 7.89. The summed E-state index contributed by atoms with van der Waals surface area (Å²) in [5.41, 5.74) is 3.48. The average Bonchev–Trinajstić information content (AvgIpc) is 3.23. The van der Waals surface area contributed by atoms with E-state index < -0.39 is 0 Å². The van der Waals surface area contributed by atoms with Gasteiger partial charge in [0, 0.05) is 41.4 Å². The molecule has 1 aliphatic rings. The molecule has 0 saturated heterocycles. The van der Waals surface area contributed by atoms with Gasteiger partial charge in [-0.3, -0.25) is 0 Å². The molecule has 2 aromatic heterocycles. The lowest BCUT2D eigenvalue weighted by Crippen LogP contribution is -2.23. The lowest BCUT2D eigenvalue weighted by molar-refractivity contribution is 0.411. The van der Waals surface area contributed by atoms with Gasteiger partial charge in [-0.2, -0.15) is 5.10 Å². The lowest BCUT2D eigenvalue weighted by atomic mass is 9.93. The van der Waals surface area contributed by atoms with Crippen molar-refractivity contribution in [3.8, 4) is 5.69 Å². The van der Waals surface area contributed by atoms with Gasteiger partial charge < -0.3 is 9.73 Å². The molecule has 0 spiro atoms. The minimum Gasteiger partial charge on any atom is -0.469 e. The minimum absolute atomic E-state index is 0.372. The molecule has 5 heteroatoms. The molecule has 0 bridgehead atoms. The average molecular weight is 328 g/mol. The van der Waals surface area contributed by atoms with Gasteiger partial charge in [0.1, 0.15) is 5.76 Å². The van der Waals surface area contributed by atoms with Gasteiger partial charge in [0.25, 0.3) is 0 Å². The van der Waals surface area contributed by atoms with Gasteiger partial charge in [0.2, 0.25) is 0 Å². The topological polar surface area (TPSA) is 43.0 Å². The molecule has 0 saturated carbocycles. The van der Waals surface area contributed by atoms with Crippen LogP contribution in [0.1, 0.15) is 35.8 Å². The molecule has 118 valence electrons. The number of fused-ring (bicyclic) bond motifs is 1. The molecule has 0 fully saturated rings. The standard InChI is InChI=1S/C18H18ClN3O/c19-14-4-6-15(7-5-14)22-12-13(11-21-22)10-20-17-2-1-3-18-16(17)8-9-23-18/h4-9,11-12,17,20H,1-3,10H2. The predicted molar refractivity (Wildman–Crippen MR) is 89.8 cm³/mol. The fourth-order valence-corrected chi connectivity index (χ4v) is 3.25. The molecular formula is C18H18ClN3O. The molecule has 1 aliphatic carbocycles. The summed E-state index contributed by atoms with van der Waals surface area (Å²) in [5.74, 6) is 1.13. The Labute approximate surface area is 140 Å². The summed E-state index contributed by atoms with van der Waals surface area (Å²) >= 11 is 5.92. The van der Waals surface area contributed by atoms with E-state index in [4.69, 9.17) is 16.0 Å². The van der Waals surface area contributed by atoms with E-state index in [1.807, 2.05) is 35.1 Å². The summed E-state index contributed by atoms with van der Waals surface area (Å²) in [5, 5.41) is 8.78. The van der Waals surface area contributed by atoms with E-state index >= 15 is 0 Å². The number of rotatable bonds is 4. The highest BCUT2D eigenvalue weighted by atomic mass is 35.5. The van der Waals surface area contributed by atoms with Crippen LogP contribution >= 0.6 is 11.6 Å². The number of halogens is 1. The Morgan fingerprint density at radius 3 is 3.00 bits per heavy atom. The van der Waals surface area contributed by atoms with E-state index in [0.29, 0.717) is 6.04 Å². The third-order valence-corrected chi connectivity index (χ3v) is 4.58. The Bertz CT molecular complexity index is 791. The van der Waals surface area contributed by atoms with Crippen LogP contribution in [-0.2, 0) is 13.0 Å². The van der Waals surface area contributed by atoms with Crippen molar-refractivity contribution in [3.63, 3.8) is 0 Å². The molecule has 1 atom stereocenters. The highest BCUT2D eigenvalue weighted by Gasteiger charge is 2.22. The molecule has 0 amide bonds. The highest BCUT2D eigenvalue weighted by Crippen LogP contribution is 2.30. The van der Waals surface area contributed by atoms with Crippen molar-refractivity contribution < 1.29 is 4.42 Å².